The van der Waals surface area contributed by atoms with Gasteiger partial charge in [-0.15, -0.1) is 0 Å². The SMILES string of the molecule is C[C@@H](O)[C@H](NC(=O)[C@@H](N)CC(N)=O)C(=O)N[C@@H](CC(=O)O)C(=O)O. The smallest absolute Gasteiger partial charge is 0.326 e. The van der Waals surface area contributed by atoms with Gasteiger partial charge in [0.25, 0.3) is 0 Å². The van der Waals surface area contributed by atoms with E-state index in [1.54, 1.807) is 0 Å². The monoisotopic (exact) mass is 348 g/mol. The van der Waals surface area contributed by atoms with Gasteiger partial charge in [-0.25, -0.2) is 4.79 Å². The molecule has 0 radical (unpaired) electrons. The standard InChI is InChI=1S/C12H20N4O8/c1-4(17)9(16-10(21)5(13)2-7(14)18)11(22)15-6(12(23)24)3-8(19)20/h4-6,9,17H,2-3,13H2,1H3,(H2,14,18)(H,15,22)(H,16,21)(H,19,20)(H,23,24)/t4-,5+,6+,9+/m1/s1. The first-order chi connectivity index (χ1) is 11.0. The maximum absolute atomic E-state index is 12.0. The third-order valence-corrected chi connectivity index (χ3v) is 2.81. The summed E-state index contributed by atoms with van der Waals surface area (Å²) in [5.74, 6) is -6.03. The molecule has 0 aliphatic heterocycles. The van der Waals surface area contributed by atoms with Crippen molar-refractivity contribution in [1.29, 1.82) is 0 Å². The van der Waals surface area contributed by atoms with Crippen LogP contribution in [-0.4, -0.2) is 69.2 Å². The number of primary amides is 1. The average Bonchev–Trinajstić information content (AvgIpc) is 2.41. The number of carboxylic acids is 2. The van der Waals surface area contributed by atoms with E-state index in [0.717, 1.165) is 6.92 Å². The molecule has 0 fully saturated rings. The van der Waals surface area contributed by atoms with E-state index in [1.165, 1.54) is 0 Å². The van der Waals surface area contributed by atoms with E-state index < -0.39 is 66.7 Å². The molecule has 0 aromatic carbocycles. The summed E-state index contributed by atoms with van der Waals surface area (Å²) >= 11 is 0. The van der Waals surface area contributed by atoms with Gasteiger partial charge in [0, 0.05) is 0 Å². The molecular formula is C12H20N4O8. The number of aliphatic hydroxyl groups excluding tert-OH is 1. The number of nitrogens with two attached hydrogens (primary N) is 2. The number of nitrogens with one attached hydrogen (secondary N) is 2. The Balaban J connectivity index is 5.00. The topological polar surface area (TPSA) is 222 Å². The van der Waals surface area contributed by atoms with E-state index >= 15 is 0 Å². The molecule has 0 saturated heterocycles. The molecule has 0 aliphatic carbocycles. The predicted octanol–water partition coefficient (Wildman–Crippen LogP) is -3.90. The van der Waals surface area contributed by atoms with Crippen LogP contribution >= 0.6 is 0 Å². The van der Waals surface area contributed by atoms with Gasteiger partial charge in [0.1, 0.15) is 12.1 Å². The van der Waals surface area contributed by atoms with Gasteiger partial charge in [0.15, 0.2) is 0 Å². The fourth-order valence-electron chi connectivity index (χ4n) is 1.61. The minimum Gasteiger partial charge on any atom is -0.481 e. The van der Waals surface area contributed by atoms with Crippen LogP contribution < -0.4 is 22.1 Å². The molecule has 24 heavy (non-hydrogen) atoms. The van der Waals surface area contributed by atoms with Crippen LogP contribution in [-0.2, 0) is 24.0 Å². The van der Waals surface area contributed by atoms with Crippen LogP contribution in [0.15, 0.2) is 0 Å². The highest BCUT2D eigenvalue weighted by atomic mass is 16.4. The highest BCUT2D eigenvalue weighted by Gasteiger charge is 2.32. The first-order valence-electron chi connectivity index (χ1n) is 6.73. The molecule has 0 spiro atoms. The molecular weight excluding hydrogens is 328 g/mol. The number of carboxylic acid groups (broad SMARTS) is 2. The quantitative estimate of drug-likeness (QED) is 0.204. The van der Waals surface area contributed by atoms with E-state index in [1.807, 2.05) is 10.6 Å². The van der Waals surface area contributed by atoms with E-state index in [-0.39, 0.29) is 0 Å². The predicted molar refractivity (Wildman–Crippen MR) is 77.2 cm³/mol. The molecule has 0 heterocycles. The number of amides is 3. The Morgan fingerprint density at radius 1 is 1.00 bits per heavy atom. The number of hydrogen-bond donors (Lipinski definition) is 7. The van der Waals surface area contributed by atoms with Crippen molar-refractivity contribution in [2.75, 3.05) is 0 Å². The fourth-order valence-corrected chi connectivity index (χ4v) is 1.61. The minimum atomic E-state index is -1.76. The Morgan fingerprint density at radius 3 is 1.92 bits per heavy atom. The van der Waals surface area contributed by atoms with Crippen LogP contribution in [0.2, 0.25) is 0 Å². The summed E-state index contributed by atoms with van der Waals surface area (Å²) < 4.78 is 0. The summed E-state index contributed by atoms with van der Waals surface area (Å²) in [5, 5.41) is 31.0. The van der Waals surface area contributed by atoms with Crippen LogP contribution in [0.5, 0.6) is 0 Å². The van der Waals surface area contributed by atoms with E-state index in [4.69, 9.17) is 21.7 Å². The Bertz CT molecular complexity index is 521. The van der Waals surface area contributed by atoms with Crippen molar-refractivity contribution in [2.24, 2.45) is 11.5 Å². The molecule has 4 atom stereocenters. The average molecular weight is 348 g/mol. The maximum Gasteiger partial charge on any atom is 0.326 e. The number of rotatable bonds is 10. The lowest BCUT2D eigenvalue weighted by Crippen LogP contribution is -2.58. The number of carbonyl (C=O) groups is 5. The summed E-state index contributed by atoms with van der Waals surface area (Å²) in [5.41, 5.74) is 10.3. The number of carbonyl (C=O) groups excluding carboxylic acids is 3. The molecule has 0 aromatic heterocycles. The highest BCUT2D eigenvalue weighted by Crippen LogP contribution is 2.00. The van der Waals surface area contributed by atoms with Gasteiger partial charge in [-0.2, -0.15) is 0 Å². The molecule has 0 aromatic rings. The van der Waals surface area contributed by atoms with Crippen molar-refractivity contribution in [3.05, 3.63) is 0 Å². The molecule has 0 unspecified atom stereocenters. The van der Waals surface area contributed by atoms with Crippen LogP contribution in [0.1, 0.15) is 19.8 Å². The van der Waals surface area contributed by atoms with Crippen LogP contribution in [0.4, 0.5) is 0 Å². The zero-order valence-corrected chi connectivity index (χ0v) is 12.8. The van der Waals surface area contributed by atoms with Gasteiger partial charge >= 0.3 is 11.9 Å². The maximum atomic E-state index is 12.0. The lowest BCUT2D eigenvalue weighted by atomic mass is 10.1. The zero-order chi connectivity index (χ0) is 19.0. The van der Waals surface area contributed by atoms with Crippen molar-refractivity contribution < 1.29 is 39.3 Å². The minimum absolute atomic E-state index is 0.503. The summed E-state index contributed by atoms with van der Waals surface area (Å²) in [4.78, 5) is 55.9. The van der Waals surface area contributed by atoms with Gasteiger partial charge < -0.3 is 37.4 Å². The van der Waals surface area contributed by atoms with Crippen molar-refractivity contribution in [3.8, 4) is 0 Å². The Morgan fingerprint density at radius 2 is 1.54 bits per heavy atom. The first kappa shape index (κ1) is 21.3. The molecule has 136 valence electrons. The number of hydrogen-bond acceptors (Lipinski definition) is 7. The Labute approximate surface area is 136 Å². The Hall–Kier alpha value is -2.73. The molecule has 0 rings (SSSR count). The second-order valence-corrected chi connectivity index (χ2v) is 5.00. The molecule has 9 N–H and O–H groups in total. The van der Waals surface area contributed by atoms with E-state index in [0.29, 0.717) is 0 Å². The lowest BCUT2D eigenvalue weighted by molar-refractivity contribution is -0.147. The zero-order valence-electron chi connectivity index (χ0n) is 12.8. The van der Waals surface area contributed by atoms with Crippen molar-refractivity contribution in [1.82, 2.24) is 10.6 Å². The normalized spacial score (nSPS) is 15.5. The molecule has 0 saturated carbocycles. The summed E-state index contributed by atoms with van der Waals surface area (Å²) in [6.45, 7) is 1.14. The van der Waals surface area contributed by atoms with Crippen LogP contribution in [0.25, 0.3) is 0 Å². The Kier molecular flexibility index (Phi) is 8.35. The van der Waals surface area contributed by atoms with Crippen molar-refractivity contribution in [3.63, 3.8) is 0 Å². The third kappa shape index (κ3) is 7.51. The second kappa shape index (κ2) is 9.42. The molecule has 3 amide bonds. The lowest BCUT2D eigenvalue weighted by Gasteiger charge is -2.24. The van der Waals surface area contributed by atoms with Gasteiger partial charge in [-0.1, -0.05) is 0 Å². The summed E-state index contributed by atoms with van der Waals surface area (Å²) in [6.07, 6.45) is -2.85. The van der Waals surface area contributed by atoms with Crippen molar-refractivity contribution in [2.45, 2.75) is 44.0 Å². The van der Waals surface area contributed by atoms with Gasteiger partial charge in [0.05, 0.1) is 25.0 Å². The van der Waals surface area contributed by atoms with E-state index in [9.17, 15) is 29.1 Å². The van der Waals surface area contributed by atoms with Crippen LogP contribution in [0.3, 0.4) is 0 Å². The molecule has 12 nitrogen and oxygen atoms in total. The fraction of sp³-hybridized carbons (Fsp3) is 0.583. The second-order valence-electron chi connectivity index (χ2n) is 5.00. The van der Waals surface area contributed by atoms with Gasteiger partial charge in [-0.05, 0) is 6.92 Å². The highest BCUT2D eigenvalue weighted by molar-refractivity contribution is 5.94. The van der Waals surface area contributed by atoms with Crippen LogP contribution in [0, 0.1) is 0 Å². The van der Waals surface area contributed by atoms with Gasteiger partial charge in [-0.3, -0.25) is 19.2 Å². The van der Waals surface area contributed by atoms with Crippen molar-refractivity contribution >= 4 is 29.7 Å². The summed E-state index contributed by atoms with van der Waals surface area (Å²) in [6, 6.07) is -4.73. The first-order valence-corrected chi connectivity index (χ1v) is 6.73. The summed E-state index contributed by atoms with van der Waals surface area (Å²) in [7, 11) is 0. The number of aliphatic carboxylic acids is 2. The third-order valence-electron chi connectivity index (χ3n) is 2.81. The largest absolute Gasteiger partial charge is 0.481 e. The molecule has 0 bridgehead atoms. The molecule has 12 heteroatoms. The van der Waals surface area contributed by atoms with E-state index in [2.05, 4.69) is 0 Å². The number of aliphatic hydroxyl groups is 1. The molecule has 0 aliphatic rings. The van der Waals surface area contributed by atoms with Gasteiger partial charge in [0.2, 0.25) is 17.7 Å².